The van der Waals surface area contributed by atoms with Crippen molar-refractivity contribution in [3.05, 3.63) is 60.2 Å². The number of hydrogen-bond donors (Lipinski definition) is 1. The molecule has 0 radical (unpaired) electrons. The van der Waals surface area contributed by atoms with E-state index in [-0.39, 0.29) is 18.4 Å². The molecule has 5 heteroatoms. The van der Waals surface area contributed by atoms with E-state index in [0.29, 0.717) is 18.7 Å². The predicted molar refractivity (Wildman–Crippen MR) is 95.4 cm³/mol. The number of rotatable bonds is 7. The van der Waals surface area contributed by atoms with Gasteiger partial charge in [0.05, 0.1) is 18.7 Å². The Morgan fingerprint density at radius 1 is 1.00 bits per heavy atom. The molecule has 126 valence electrons. The molecule has 0 heterocycles. The van der Waals surface area contributed by atoms with Crippen LogP contribution in [-0.4, -0.2) is 31.6 Å². The van der Waals surface area contributed by atoms with E-state index in [4.69, 9.17) is 4.74 Å². The highest BCUT2D eigenvalue weighted by Crippen LogP contribution is 2.14. The van der Waals surface area contributed by atoms with Crippen LogP contribution in [0.15, 0.2) is 54.6 Å². The number of anilines is 2. The lowest BCUT2D eigenvalue weighted by Crippen LogP contribution is -2.35. The molecule has 0 aliphatic carbocycles. The van der Waals surface area contributed by atoms with E-state index in [2.05, 4.69) is 5.32 Å². The Morgan fingerprint density at radius 2 is 1.67 bits per heavy atom. The van der Waals surface area contributed by atoms with Crippen LogP contribution < -0.4 is 10.2 Å². The molecule has 0 unspecified atom stereocenters. The number of para-hydroxylation sites is 1. The van der Waals surface area contributed by atoms with Crippen molar-refractivity contribution in [1.82, 2.24) is 0 Å². The number of benzene rings is 2. The first-order valence-corrected chi connectivity index (χ1v) is 8.02. The van der Waals surface area contributed by atoms with Gasteiger partial charge in [0, 0.05) is 17.9 Å². The minimum Gasteiger partial charge on any atom is -0.462 e. The van der Waals surface area contributed by atoms with Gasteiger partial charge in [-0.3, -0.25) is 4.79 Å². The summed E-state index contributed by atoms with van der Waals surface area (Å²) < 4.78 is 4.94. The van der Waals surface area contributed by atoms with Gasteiger partial charge >= 0.3 is 5.97 Å². The van der Waals surface area contributed by atoms with Gasteiger partial charge in [0.15, 0.2) is 0 Å². The smallest absolute Gasteiger partial charge is 0.338 e. The monoisotopic (exact) mass is 326 g/mol. The van der Waals surface area contributed by atoms with Crippen LogP contribution in [0.1, 0.15) is 24.2 Å². The van der Waals surface area contributed by atoms with Crippen LogP contribution in [0.25, 0.3) is 0 Å². The van der Waals surface area contributed by atoms with Crippen LogP contribution in [0, 0.1) is 0 Å². The van der Waals surface area contributed by atoms with Crippen LogP contribution >= 0.6 is 0 Å². The summed E-state index contributed by atoms with van der Waals surface area (Å²) >= 11 is 0. The highest BCUT2D eigenvalue weighted by atomic mass is 16.5. The van der Waals surface area contributed by atoms with E-state index in [1.54, 1.807) is 36.1 Å². The van der Waals surface area contributed by atoms with Crippen LogP contribution in [0.4, 0.5) is 11.4 Å². The first kappa shape index (κ1) is 17.5. The molecule has 0 bridgehead atoms. The molecule has 24 heavy (non-hydrogen) atoms. The summed E-state index contributed by atoms with van der Waals surface area (Å²) in [5.41, 5.74) is 2.15. The summed E-state index contributed by atoms with van der Waals surface area (Å²) in [4.78, 5) is 25.7. The van der Waals surface area contributed by atoms with Crippen LogP contribution in [0.5, 0.6) is 0 Å². The zero-order valence-corrected chi connectivity index (χ0v) is 14.0. The third-order valence-corrected chi connectivity index (χ3v) is 3.52. The van der Waals surface area contributed by atoms with Crippen molar-refractivity contribution in [3.8, 4) is 0 Å². The van der Waals surface area contributed by atoms with Crippen LogP contribution in [0.3, 0.4) is 0 Å². The van der Waals surface area contributed by atoms with Crippen LogP contribution in [0.2, 0.25) is 0 Å². The number of carbonyl (C=O) groups is 2. The topological polar surface area (TPSA) is 58.6 Å². The third kappa shape index (κ3) is 4.59. The van der Waals surface area contributed by atoms with Crippen molar-refractivity contribution in [2.24, 2.45) is 0 Å². The van der Waals surface area contributed by atoms with Crippen molar-refractivity contribution < 1.29 is 14.3 Å². The second-order valence-electron chi connectivity index (χ2n) is 5.12. The number of ether oxygens (including phenoxy) is 1. The summed E-state index contributed by atoms with van der Waals surface area (Å²) in [6.07, 6.45) is 0. The van der Waals surface area contributed by atoms with E-state index in [0.717, 1.165) is 11.4 Å². The van der Waals surface area contributed by atoms with E-state index < -0.39 is 0 Å². The van der Waals surface area contributed by atoms with Crippen molar-refractivity contribution in [3.63, 3.8) is 0 Å². The zero-order valence-electron chi connectivity index (χ0n) is 14.0. The highest BCUT2D eigenvalue weighted by Gasteiger charge is 2.13. The average Bonchev–Trinajstić information content (AvgIpc) is 2.62. The second-order valence-corrected chi connectivity index (χ2v) is 5.12. The van der Waals surface area contributed by atoms with Gasteiger partial charge in [-0.05, 0) is 50.2 Å². The van der Waals surface area contributed by atoms with Gasteiger partial charge in [0.2, 0.25) is 5.91 Å². The number of likely N-dealkylation sites (N-methyl/N-ethyl adjacent to an activating group) is 1. The maximum atomic E-state index is 12.4. The summed E-state index contributed by atoms with van der Waals surface area (Å²) in [7, 11) is 0. The Kier molecular flexibility index (Phi) is 6.37. The summed E-state index contributed by atoms with van der Waals surface area (Å²) in [5.74, 6) is -0.362. The largest absolute Gasteiger partial charge is 0.462 e. The Labute approximate surface area is 142 Å². The molecule has 1 amide bonds. The molecule has 0 fully saturated rings. The maximum absolute atomic E-state index is 12.4. The van der Waals surface area contributed by atoms with Crippen LogP contribution in [-0.2, 0) is 9.53 Å². The fourth-order valence-corrected chi connectivity index (χ4v) is 2.32. The third-order valence-electron chi connectivity index (χ3n) is 3.52. The molecule has 5 nitrogen and oxygen atoms in total. The quantitative estimate of drug-likeness (QED) is 0.793. The molecule has 0 saturated heterocycles. The van der Waals surface area contributed by atoms with Gasteiger partial charge < -0.3 is 15.0 Å². The van der Waals surface area contributed by atoms with Crippen molar-refractivity contribution in [1.29, 1.82) is 0 Å². The molecule has 0 aliphatic heterocycles. The Balaban J connectivity index is 1.94. The lowest BCUT2D eigenvalue weighted by molar-refractivity contribution is -0.116. The number of amides is 1. The fourth-order valence-electron chi connectivity index (χ4n) is 2.32. The van der Waals surface area contributed by atoms with Gasteiger partial charge in [0.1, 0.15) is 0 Å². The Morgan fingerprint density at radius 3 is 2.25 bits per heavy atom. The van der Waals surface area contributed by atoms with Gasteiger partial charge in [0.25, 0.3) is 0 Å². The normalized spacial score (nSPS) is 10.1. The number of hydrogen-bond acceptors (Lipinski definition) is 4. The summed E-state index contributed by atoms with van der Waals surface area (Å²) in [5, 5.41) is 3.08. The van der Waals surface area contributed by atoms with E-state index >= 15 is 0 Å². The van der Waals surface area contributed by atoms with Crippen molar-refractivity contribution >= 4 is 23.3 Å². The lowest BCUT2D eigenvalue weighted by Gasteiger charge is -2.21. The molecule has 2 aromatic carbocycles. The van der Waals surface area contributed by atoms with Crippen molar-refractivity contribution in [2.75, 3.05) is 29.9 Å². The molecule has 0 atom stereocenters. The zero-order chi connectivity index (χ0) is 17.4. The first-order chi connectivity index (χ1) is 11.7. The van der Waals surface area contributed by atoms with Gasteiger partial charge in [-0.1, -0.05) is 18.2 Å². The predicted octanol–water partition coefficient (Wildman–Crippen LogP) is 3.33. The summed E-state index contributed by atoms with van der Waals surface area (Å²) in [6.45, 7) is 4.85. The Bertz CT molecular complexity index is 669. The molecular formula is C19H22N2O3. The molecule has 0 saturated carbocycles. The molecule has 0 spiro atoms. The molecule has 0 aliphatic rings. The molecular weight excluding hydrogens is 304 g/mol. The number of esters is 1. The first-order valence-electron chi connectivity index (χ1n) is 8.02. The van der Waals surface area contributed by atoms with Gasteiger partial charge in [-0.2, -0.15) is 0 Å². The van der Waals surface area contributed by atoms with Crippen molar-refractivity contribution in [2.45, 2.75) is 13.8 Å². The fraction of sp³-hybridized carbons (Fsp3) is 0.263. The average molecular weight is 326 g/mol. The van der Waals surface area contributed by atoms with E-state index in [1.165, 1.54) is 0 Å². The number of nitrogens with zero attached hydrogens (tertiary/aromatic N) is 1. The Hall–Kier alpha value is -2.82. The van der Waals surface area contributed by atoms with Gasteiger partial charge in [-0.15, -0.1) is 0 Å². The molecule has 2 aromatic rings. The second kappa shape index (κ2) is 8.72. The minimum atomic E-state index is -0.346. The standard InChI is InChI=1S/C19H22N2O3/c1-3-21(17-8-6-5-7-9-17)18(22)14-20-16-12-10-15(11-13-16)19(23)24-4-2/h5-13,20H,3-4,14H2,1-2H3. The van der Waals surface area contributed by atoms with Gasteiger partial charge in [-0.25, -0.2) is 4.79 Å². The highest BCUT2D eigenvalue weighted by molar-refractivity contribution is 5.96. The summed E-state index contributed by atoms with van der Waals surface area (Å²) in [6, 6.07) is 16.5. The lowest BCUT2D eigenvalue weighted by atomic mass is 10.2. The number of nitrogens with one attached hydrogen (secondary N) is 1. The molecule has 0 aromatic heterocycles. The van der Waals surface area contributed by atoms with E-state index in [1.807, 2.05) is 37.3 Å². The molecule has 1 N–H and O–H groups in total. The maximum Gasteiger partial charge on any atom is 0.338 e. The minimum absolute atomic E-state index is 0.0156. The SMILES string of the molecule is CCOC(=O)c1ccc(NCC(=O)N(CC)c2ccccc2)cc1. The van der Waals surface area contributed by atoms with E-state index in [9.17, 15) is 9.59 Å². The molecule has 2 rings (SSSR count). The number of carbonyl (C=O) groups excluding carboxylic acids is 2.